The van der Waals surface area contributed by atoms with Crippen LogP contribution in [-0.4, -0.2) is 33.3 Å². The van der Waals surface area contributed by atoms with E-state index in [2.05, 4.69) is 17.2 Å². The van der Waals surface area contributed by atoms with Crippen molar-refractivity contribution in [3.05, 3.63) is 30.5 Å². The maximum absolute atomic E-state index is 8.94. The number of aliphatic hydroxyl groups is 1. The maximum Gasteiger partial charge on any atom is 0.119 e. The van der Waals surface area contributed by atoms with Crippen molar-refractivity contribution in [1.29, 1.82) is 0 Å². The molecule has 0 amide bonds. The Morgan fingerprint density at radius 1 is 1.28 bits per heavy atom. The highest BCUT2D eigenvalue weighted by Gasteiger charge is 2.06. The topological polar surface area (TPSA) is 60.2 Å². The monoisotopic (exact) mass is 247 g/mol. The minimum atomic E-state index is 0.0497. The molecule has 0 aliphatic heterocycles. The molecule has 1 N–H and O–H groups in total. The molecular formula is C13H17N3O2. The van der Waals surface area contributed by atoms with Crippen LogP contribution in [0.3, 0.4) is 0 Å². The first-order valence-electron chi connectivity index (χ1n) is 6.07. The summed E-state index contributed by atoms with van der Waals surface area (Å²) < 4.78 is 7.21. The first kappa shape index (κ1) is 12.6. The number of aromatic nitrogens is 3. The lowest BCUT2D eigenvalue weighted by Crippen LogP contribution is -2.05. The van der Waals surface area contributed by atoms with Crippen LogP contribution in [0.2, 0.25) is 0 Å². The molecular weight excluding hydrogens is 230 g/mol. The average Bonchev–Trinajstić information content (AvgIpc) is 2.86. The van der Waals surface area contributed by atoms with Gasteiger partial charge < -0.3 is 9.84 Å². The van der Waals surface area contributed by atoms with Crippen molar-refractivity contribution in [2.45, 2.75) is 19.9 Å². The molecule has 96 valence electrons. The second kappa shape index (κ2) is 6.16. The van der Waals surface area contributed by atoms with Crippen LogP contribution in [0.4, 0.5) is 0 Å². The van der Waals surface area contributed by atoms with Gasteiger partial charge in [0.15, 0.2) is 0 Å². The normalized spacial score (nSPS) is 10.6. The zero-order chi connectivity index (χ0) is 12.8. The molecule has 0 saturated heterocycles. The van der Waals surface area contributed by atoms with Gasteiger partial charge in [-0.15, -0.1) is 5.10 Å². The summed E-state index contributed by atoms with van der Waals surface area (Å²) >= 11 is 0. The Bertz CT molecular complexity index is 479. The van der Waals surface area contributed by atoms with Gasteiger partial charge in [-0.1, -0.05) is 12.1 Å². The molecule has 1 aromatic carbocycles. The number of nitrogens with zero attached hydrogens (tertiary/aromatic N) is 3. The number of benzene rings is 1. The fourth-order valence-electron chi connectivity index (χ4n) is 1.68. The highest BCUT2D eigenvalue weighted by Crippen LogP contribution is 2.21. The molecule has 0 radical (unpaired) electrons. The molecule has 1 heterocycles. The molecule has 0 atom stereocenters. The lowest BCUT2D eigenvalue weighted by atomic mass is 10.1. The predicted molar refractivity (Wildman–Crippen MR) is 68.3 cm³/mol. The number of rotatable bonds is 6. The zero-order valence-electron chi connectivity index (χ0n) is 10.4. The lowest BCUT2D eigenvalue weighted by molar-refractivity contribution is 0.269. The van der Waals surface area contributed by atoms with Crippen molar-refractivity contribution in [3.8, 4) is 17.0 Å². The van der Waals surface area contributed by atoms with Crippen LogP contribution in [0.25, 0.3) is 11.3 Å². The molecule has 18 heavy (non-hydrogen) atoms. The van der Waals surface area contributed by atoms with Crippen LogP contribution < -0.4 is 4.74 Å². The smallest absolute Gasteiger partial charge is 0.119 e. The van der Waals surface area contributed by atoms with E-state index >= 15 is 0 Å². The van der Waals surface area contributed by atoms with E-state index in [1.807, 2.05) is 24.3 Å². The van der Waals surface area contributed by atoms with Gasteiger partial charge in [0.1, 0.15) is 5.75 Å². The quantitative estimate of drug-likeness (QED) is 0.844. The zero-order valence-corrected chi connectivity index (χ0v) is 10.4. The Hall–Kier alpha value is -1.88. The van der Waals surface area contributed by atoms with Gasteiger partial charge in [0.25, 0.3) is 0 Å². The summed E-state index contributed by atoms with van der Waals surface area (Å²) in [5, 5.41) is 16.7. The van der Waals surface area contributed by atoms with Gasteiger partial charge in [-0.05, 0) is 30.7 Å². The summed E-state index contributed by atoms with van der Waals surface area (Å²) in [6, 6.07) is 7.80. The molecule has 5 nitrogen and oxygen atoms in total. The molecule has 0 fully saturated rings. The Morgan fingerprint density at radius 3 is 2.72 bits per heavy atom. The SMILES string of the molecule is CCCOc1ccc(-c2cnnn2CCO)cc1. The van der Waals surface area contributed by atoms with E-state index in [9.17, 15) is 0 Å². The molecule has 1 aromatic heterocycles. The van der Waals surface area contributed by atoms with Gasteiger partial charge in [-0.2, -0.15) is 0 Å². The molecule has 0 bridgehead atoms. The Morgan fingerprint density at radius 2 is 2.06 bits per heavy atom. The van der Waals surface area contributed by atoms with E-state index in [-0.39, 0.29) is 6.61 Å². The molecule has 5 heteroatoms. The number of hydrogen-bond acceptors (Lipinski definition) is 4. The summed E-state index contributed by atoms with van der Waals surface area (Å²) in [5.74, 6) is 0.863. The van der Waals surface area contributed by atoms with Gasteiger partial charge in [0.2, 0.25) is 0 Å². The molecule has 0 aliphatic carbocycles. The van der Waals surface area contributed by atoms with Crippen molar-refractivity contribution < 1.29 is 9.84 Å². The third kappa shape index (κ3) is 2.87. The third-order valence-corrected chi connectivity index (χ3v) is 2.55. The third-order valence-electron chi connectivity index (χ3n) is 2.55. The molecule has 0 aliphatic rings. The van der Waals surface area contributed by atoms with Crippen molar-refractivity contribution in [3.63, 3.8) is 0 Å². The number of hydrogen-bond donors (Lipinski definition) is 1. The van der Waals surface area contributed by atoms with Gasteiger partial charge in [0, 0.05) is 5.56 Å². The lowest BCUT2D eigenvalue weighted by Gasteiger charge is -2.07. The minimum Gasteiger partial charge on any atom is -0.494 e. The van der Waals surface area contributed by atoms with Gasteiger partial charge >= 0.3 is 0 Å². The van der Waals surface area contributed by atoms with E-state index in [0.29, 0.717) is 6.54 Å². The second-order valence-corrected chi connectivity index (χ2v) is 3.94. The van der Waals surface area contributed by atoms with Crippen molar-refractivity contribution in [1.82, 2.24) is 15.0 Å². The standard InChI is InChI=1S/C13H17N3O2/c1-2-9-18-12-5-3-11(4-6-12)13-10-14-15-16(13)7-8-17/h3-6,10,17H,2,7-9H2,1H3. The Balaban J connectivity index is 2.15. The van der Waals surface area contributed by atoms with Crippen molar-refractivity contribution in [2.24, 2.45) is 0 Å². The molecule has 0 spiro atoms. The summed E-state index contributed by atoms with van der Waals surface area (Å²) in [7, 11) is 0. The van der Waals surface area contributed by atoms with Crippen LogP contribution in [0.5, 0.6) is 5.75 Å². The Labute approximate surface area is 106 Å². The molecule has 0 saturated carbocycles. The average molecular weight is 247 g/mol. The summed E-state index contributed by atoms with van der Waals surface area (Å²) in [5.41, 5.74) is 1.91. The van der Waals surface area contributed by atoms with Crippen molar-refractivity contribution >= 4 is 0 Å². The summed E-state index contributed by atoms with van der Waals surface area (Å²) in [6.07, 6.45) is 2.69. The van der Waals surface area contributed by atoms with Crippen LogP contribution in [-0.2, 0) is 6.54 Å². The fraction of sp³-hybridized carbons (Fsp3) is 0.385. The first-order chi connectivity index (χ1) is 8.85. The number of aliphatic hydroxyl groups excluding tert-OH is 1. The van der Waals surface area contributed by atoms with Gasteiger partial charge in [-0.3, -0.25) is 0 Å². The molecule has 2 aromatic rings. The fourth-order valence-corrected chi connectivity index (χ4v) is 1.68. The van der Waals surface area contributed by atoms with Crippen LogP contribution in [0.15, 0.2) is 30.5 Å². The summed E-state index contributed by atoms with van der Waals surface area (Å²) in [4.78, 5) is 0. The van der Waals surface area contributed by atoms with E-state index in [4.69, 9.17) is 9.84 Å². The highest BCUT2D eigenvalue weighted by atomic mass is 16.5. The van der Waals surface area contributed by atoms with Gasteiger partial charge in [0.05, 0.1) is 31.6 Å². The predicted octanol–water partition coefficient (Wildman–Crippen LogP) is 1.73. The van der Waals surface area contributed by atoms with Crippen molar-refractivity contribution in [2.75, 3.05) is 13.2 Å². The first-order valence-corrected chi connectivity index (χ1v) is 6.07. The van der Waals surface area contributed by atoms with Gasteiger partial charge in [-0.25, -0.2) is 4.68 Å². The second-order valence-electron chi connectivity index (χ2n) is 3.94. The van der Waals surface area contributed by atoms with Crippen LogP contribution >= 0.6 is 0 Å². The molecule has 2 rings (SSSR count). The van der Waals surface area contributed by atoms with E-state index in [0.717, 1.165) is 30.0 Å². The number of ether oxygens (including phenoxy) is 1. The van der Waals surface area contributed by atoms with E-state index in [1.165, 1.54) is 0 Å². The summed E-state index contributed by atoms with van der Waals surface area (Å²) in [6.45, 7) is 3.30. The molecule has 0 unspecified atom stereocenters. The minimum absolute atomic E-state index is 0.0497. The van der Waals surface area contributed by atoms with Crippen LogP contribution in [0, 0.1) is 0 Å². The Kier molecular flexibility index (Phi) is 4.30. The van der Waals surface area contributed by atoms with E-state index in [1.54, 1.807) is 10.9 Å². The van der Waals surface area contributed by atoms with Crippen LogP contribution in [0.1, 0.15) is 13.3 Å². The highest BCUT2D eigenvalue weighted by molar-refractivity contribution is 5.59. The van der Waals surface area contributed by atoms with E-state index < -0.39 is 0 Å². The largest absolute Gasteiger partial charge is 0.494 e. The maximum atomic E-state index is 8.94.